The second-order valence-electron chi connectivity index (χ2n) is 9.35. The number of hydrogen-bond acceptors (Lipinski definition) is 4. The monoisotopic (exact) mass is 445 g/mol. The van der Waals surface area contributed by atoms with E-state index in [1.165, 1.54) is 0 Å². The number of nitrogens with one attached hydrogen (secondary N) is 2. The van der Waals surface area contributed by atoms with Crippen LogP contribution in [0.25, 0.3) is 11.1 Å². The number of aryl methyl sites for hydroxylation is 1. The standard InChI is InChI=1S/C26H31N5O2/c1-18(2)14-28-25(33)26(10-12-31(17-26)24(32)23-16-29-30-19(23)3)13-20-7-4-5-9-22(20)21-8-6-11-27-15-21/h4-9,11,15-16,18H,10,12-14,17H2,1-3H3,(H,28,33)(H,29,30). The maximum absolute atomic E-state index is 13.6. The molecule has 0 aliphatic carbocycles. The molecule has 0 saturated carbocycles. The number of amides is 2. The number of aromatic nitrogens is 3. The van der Waals surface area contributed by atoms with Gasteiger partial charge in [0.05, 0.1) is 17.2 Å². The van der Waals surface area contributed by atoms with E-state index in [2.05, 4.69) is 46.5 Å². The maximum atomic E-state index is 13.6. The van der Waals surface area contributed by atoms with Gasteiger partial charge in [0, 0.05) is 43.3 Å². The van der Waals surface area contributed by atoms with Crippen molar-refractivity contribution in [2.75, 3.05) is 19.6 Å². The topological polar surface area (TPSA) is 91.0 Å². The zero-order chi connectivity index (χ0) is 23.4. The van der Waals surface area contributed by atoms with Gasteiger partial charge in [-0.1, -0.05) is 44.2 Å². The Morgan fingerprint density at radius 1 is 1.18 bits per heavy atom. The number of likely N-dealkylation sites (tertiary alicyclic amines) is 1. The number of hydrogen-bond donors (Lipinski definition) is 2. The minimum Gasteiger partial charge on any atom is -0.355 e. The van der Waals surface area contributed by atoms with Gasteiger partial charge in [0.2, 0.25) is 5.91 Å². The first-order chi connectivity index (χ1) is 15.9. The number of carbonyl (C=O) groups is 2. The van der Waals surface area contributed by atoms with Crippen molar-refractivity contribution in [3.05, 3.63) is 71.8 Å². The van der Waals surface area contributed by atoms with E-state index in [1.807, 2.05) is 37.4 Å². The summed E-state index contributed by atoms with van der Waals surface area (Å²) >= 11 is 0. The second-order valence-corrected chi connectivity index (χ2v) is 9.35. The molecule has 1 aromatic carbocycles. The molecule has 1 aliphatic heterocycles. The van der Waals surface area contributed by atoms with Crippen molar-refractivity contribution in [1.82, 2.24) is 25.4 Å². The Hall–Kier alpha value is -3.48. The Morgan fingerprint density at radius 2 is 2.00 bits per heavy atom. The highest BCUT2D eigenvalue weighted by Gasteiger charge is 2.46. The third-order valence-corrected chi connectivity index (χ3v) is 6.37. The number of H-pyrrole nitrogens is 1. The van der Waals surface area contributed by atoms with Crippen LogP contribution >= 0.6 is 0 Å². The average molecular weight is 446 g/mol. The van der Waals surface area contributed by atoms with Gasteiger partial charge >= 0.3 is 0 Å². The van der Waals surface area contributed by atoms with Gasteiger partial charge in [-0.15, -0.1) is 0 Å². The summed E-state index contributed by atoms with van der Waals surface area (Å²) in [5, 5.41) is 9.96. The summed E-state index contributed by atoms with van der Waals surface area (Å²) in [5.74, 6) is 0.276. The highest BCUT2D eigenvalue weighted by Crippen LogP contribution is 2.38. The molecular weight excluding hydrogens is 414 g/mol. The Labute approximate surface area is 194 Å². The molecule has 7 heteroatoms. The molecule has 0 spiro atoms. The summed E-state index contributed by atoms with van der Waals surface area (Å²) in [5.41, 5.74) is 3.77. The Morgan fingerprint density at radius 3 is 2.70 bits per heavy atom. The van der Waals surface area contributed by atoms with Gasteiger partial charge in [-0.2, -0.15) is 5.10 Å². The van der Waals surface area contributed by atoms with E-state index in [-0.39, 0.29) is 11.8 Å². The lowest BCUT2D eigenvalue weighted by molar-refractivity contribution is -0.130. The van der Waals surface area contributed by atoms with Crippen molar-refractivity contribution in [1.29, 1.82) is 0 Å². The molecule has 1 saturated heterocycles. The number of nitrogens with zero attached hydrogens (tertiary/aromatic N) is 3. The molecule has 2 aromatic heterocycles. The molecule has 7 nitrogen and oxygen atoms in total. The van der Waals surface area contributed by atoms with Gasteiger partial charge < -0.3 is 10.2 Å². The minimum absolute atomic E-state index is 0.0106. The molecule has 4 rings (SSSR count). The first-order valence-corrected chi connectivity index (χ1v) is 11.5. The fourth-order valence-electron chi connectivity index (χ4n) is 4.52. The van der Waals surface area contributed by atoms with Crippen molar-refractivity contribution in [3.8, 4) is 11.1 Å². The van der Waals surface area contributed by atoms with Crippen LogP contribution in [-0.4, -0.2) is 51.5 Å². The van der Waals surface area contributed by atoms with Crippen molar-refractivity contribution < 1.29 is 9.59 Å². The van der Waals surface area contributed by atoms with Crippen LogP contribution in [0.1, 0.15) is 41.9 Å². The van der Waals surface area contributed by atoms with Gasteiger partial charge in [0.15, 0.2) is 0 Å². The number of carbonyl (C=O) groups excluding carboxylic acids is 2. The van der Waals surface area contributed by atoms with Crippen LogP contribution in [-0.2, 0) is 11.2 Å². The lowest BCUT2D eigenvalue weighted by Gasteiger charge is -2.29. The largest absolute Gasteiger partial charge is 0.355 e. The normalized spacial score (nSPS) is 18.0. The maximum Gasteiger partial charge on any atom is 0.257 e. The Bertz CT molecular complexity index is 1120. The fraction of sp³-hybridized carbons (Fsp3) is 0.385. The third-order valence-electron chi connectivity index (χ3n) is 6.37. The Kier molecular flexibility index (Phi) is 6.58. The zero-order valence-electron chi connectivity index (χ0n) is 19.5. The third kappa shape index (κ3) is 4.82. The van der Waals surface area contributed by atoms with Crippen molar-refractivity contribution in [3.63, 3.8) is 0 Å². The fourth-order valence-corrected chi connectivity index (χ4v) is 4.52. The summed E-state index contributed by atoms with van der Waals surface area (Å²) in [6, 6.07) is 12.1. The molecule has 1 atom stereocenters. The molecule has 2 amide bonds. The van der Waals surface area contributed by atoms with Crippen LogP contribution in [0.5, 0.6) is 0 Å². The van der Waals surface area contributed by atoms with Crippen molar-refractivity contribution in [2.45, 2.75) is 33.6 Å². The van der Waals surface area contributed by atoms with Crippen LogP contribution in [0.4, 0.5) is 0 Å². The van der Waals surface area contributed by atoms with Crippen LogP contribution in [0, 0.1) is 18.3 Å². The van der Waals surface area contributed by atoms with Crippen molar-refractivity contribution >= 4 is 11.8 Å². The number of pyridine rings is 1. The summed E-state index contributed by atoms with van der Waals surface area (Å²) in [6.45, 7) is 7.52. The van der Waals surface area contributed by atoms with Crippen LogP contribution in [0.15, 0.2) is 55.0 Å². The Balaban J connectivity index is 1.65. The molecule has 0 bridgehead atoms. The smallest absolute Gasteiger partial charge is 0.257 e. The quantitative estimate of drug-likeness (QED) is 0.581. The number of rotatable bonds is 7. The van der Waals surface area contributed by atoms with Gasteiger partial charge in [-0.25, -0.2) is 0 Å². The van der Waals surface area contributed by atoms with Crippen LogP contribution in [0.2, 0.25) is 0 Å². The summed E-state index contributed by atoms with van der Waals surface area (Å²) < 4.78 is 0. The van der Waals surface area contributed by atoms with E-state index in [0.717, 1.165) is 22.4 Å². The van der Waals surface area contributed by atoms with Gasteiger partial charge in [-0.05, 0) is 42.9 Å². The average Bonchev–Trinajstić information content (AvgIpc) is 3.45. The molecule has 2 N–H and O–H groups in total. The van der Waals surface area contributed by atoms with Crippen LogP contribution < -0.4 is 5.32 Å². The van der Waals surface area contributed by atoms with Gasteiger partial charge in [0.1, 0.15) is 0 Å². The zero-order valence-corrected chi connectivity index (χ0v) is 19.5. The lowest BCUT2D eigenvalue weighted by atomic mass is 9.78. The second kappa shape index (κ2) is 9.57. The molecular formula is C26H31N5O2. The molecule has 33 heavy (non-hydrogen) atoms. The van der Waals surface area contributed by atoms with E-state index in [9.17, 15) is 9.59 Å². The first kappa shape index (κ1) is 22.7. The highest BCUT2D eigenvalue weighted by atomic mass is 16.2. The highest BCUT2D eigenvalue weighted by molar-refractivity contribution is 5.96. The molecule has 1 fully saturated rings. The summed E-state index contributed by atoms with van der Waals surface area (Å²) in [7, 11) is 0. The minimum atomic E-state index is -0.694. The molecule has 3 heterocycles. The molecule has 0 radical (unpaired) electrons. The summed E-state index contributed by atoms with van der Waals surface area (Å²) in [6.07, 6.45) is 6.33. The van der Waals surface area contributed by atoms with E-state index in [1.54, 1.807) is 17.3 Å². The van der Waals surface area contributed by atoms with E-state index in [4.69, 9.17) is 0 Å². The SMILES string of the molecule is Cc1[nH]ncc1C(=O)N1CCC(Cc2ccccc2-c2cccnc2)(C(=O)NCC(C)C)C1. The van der Waals surface area contributed by atoms with Gasteiger partial charge in [-0.3, -0.25) is 19.7 Å². The van der Waals surface area contributed by atoms with Gasteiger partial charge in [0.25, 0.3) is 5.91 Å². The number of benzene rings is 1. The lowest BCUT2D eigenvalue weighted by Crippen LogP contribution is -2.46. The molecule has 1 unspecified atom stereocenters. The molecule has 1 aliphatic rings. The van der Waals surface area contributed by atoms with E-state index in [0.29, 0.717) is 44.0 Å². The predicted octanol–water partition coefficient (Wildman–Crippen LogP) is 3.63. The van der Waals surface area contributed by atoms with Crippen molar-refractivity contribution in [2.24, 2.45) is 11.3 Å². The van der Waals surface area contributed by atoms with E-state index < -0.39 is 5.41 Å². The summed E-state index contributed by atoms with van der Waals surface area (Å²) in [4.78, 5) is 32.8. The van der Waals surface area contributed by atoms with E-state index >= 15 is 0 Å². The predicted molar refractivity (Wildman–Crippen MR) is 128 cm³/mol. The first-order valence-electron chi connectivity index (χ1n) is 11.5. The molecule has 3 aromatic rings. The molecule has 172 valence electrons. The van der Waals surface area contributed by atoms with Crippen LogP contribution in [0.3, 0.4) is 0 Å². The number of aromatic amines is 1.